The van der Waals surface area contributed by atoms with Crippen molar-refractivity contribution in [2.45, 2.75) is 65.3 Å². The average Bonchev–Trinajstić information content (AvgIpc) is 2.11. The molecule has 0 bridgehead atoms. The first-order valence-electron chi connectivity index (χ1n) is 6.51. The largest absolute Gasteiger partial charge is 0.314 e. The molecule has 14 heavy (non-hydrogen) atoms. The minimum atomic E-state index is 0.769. The van der Waals surface area contributed by atoms with Crippen molar-refractivity contribution in [3.8, 4) is 0 Å². The minimum Gasteiger partial charge on any atom is -0.314 e. The Labute approximate surface area is 89.7 Å². The third-order valence-corrected chi connectivity index (χ3v) is 3.68. The van der Waals surface area contributed by atoms with Crippen LogP contribution in [0.15, 0.2) is 0 Å². The zero-order valence-electron chi connectivity index (χ0n) is 10.2. The Morgan fingerprint density at radius 2 is 2.00 bits per heavy atom. The number of hydrogen-bond donors (Lipinski definition) is 1. The van der Waals surface area contributed by atoms with E-state index in [1.165, 1.54) is 38.5 Å². The summed E-state index contributed by atoms with van der Waals surface area (Å²) in [5, 5.41) is 3.64. The van der Waals surface area contributed by atoms with Gasteiger partial charge in [-0.3, -0.25) is 0 Å². The van der Waals surface area contributed by atoms with Crippen molar-refractivity contribution >= 4 is 0 Å². The van der Waals surface area contributed by atoms with E-state index in [4.69, 9.17) is 0 Å². The van der Waals surface area contributed by atoms with Crippen molar-refractivity contribution in [2.75, 3.05) is 6.54 Å². The van der Waals surface area contributed by atoms with Crippen LogP contribution in [0.5, 0.6) is 0 Å². The van der Waals surface area contributed by atoms with Crippen molar-refractivity contribution in [3.05, 3.63) is 0 Å². The Kier molecular flexibility index (Phi) is 5.54. The van der Waals surface area contributed by atoms with E-state index in [1.807, 2.05) is 0 Å². The second kappa shape index (κ2) is 6.44. The maximum absolute atomic E-state index is 3.64. The molecular weight excluding hydrogens is 170 g/mol. The fourth-order valence-electron chi connectivity index (χ4n) is 2.58. The van der Waals surface area contributed by atoms with E-state index in [1.54, 1.807) is 0 Å². The van der Waals surface area contributed by atoms with Gasteiger partial charge in [0.25, 0.3) is 0 Å². The molecule has 1 saturated carbocycles. The lowest BCUT2D eigenvalue weighted by atomic mass is 9.77. The van der Waals surface area contributed by atoms with Crippen LogP contribution >= 0.6 is 0 Å². The van der Waals surface area contributed by atoms with Crippen LogP contribution < -0.4 is 5.32 Å². The molecule has 0 amide bonds. The normalized spacial score (nSPS) is 21.6. The molecule has 1 nitrogen and oxygen atoms in total. The second-order valence-corrected chi connectivity index (χ2v) is 4.96. The van der Waals surface area contributed by atoms with Crippen molar-refractivity contribution < 1.29 is 0 Å². The van der Waals surface area contributed by atoms with Gasteiger partial charge in [-0.1, -0.05) is 46.5 Å². The van der Waals surface area contributed by atoms with Gasteiger partial charge in [-0.05, 0) is 31.2 Å². The Morgan fingerprint density at radius 3 is 2.43 bits per heavy atom. The molecule has 0 heterocycles. The van der Waals surface area contributed by atoms with Crippen LogP contribution in [0.4, 0.5) is 0 Å². The molecule has 0 aromatic heterocycles. The molecule has 0 aromatic rings. The maximum atomic E-state index is 3.64. The Balaban J connectivity index is 2.24. The van der Waals surface area contributed by atoms with Crippen LogP contribution in [0.3, 0.4) is 0 Å². The fraction of sp³-hybridized carbons (Fsp3) is 1.00. The highest BCUT2D eigenvalue weighted by Crippen LogP contribution is 2.33. The lowest BCUT2D eigenvalue weighted by Crippen LogP contribution is -2.36. The number of hydrogen-bond acceptors (Lipinski definition) is 1. The van der Waals surface area contributed by atoms with Gasteiger partial charge in [0.15, 0.2) is 0 Å². The molecule has 0 aliphatic heterocycles. The van der Waals surface area contributed by atoms with Gasteiger partial charge in [0, 0.05) is 6.04 Å². The summed E-state index contributed by atoms with van der Waals surface area (Å²) < 4.78 is 0. The van der Waals surface area contributed by atoms with Crippen molar-refractivity contribution in [1.82, 2.24) is 5.32 Å². The predicted octanol–water partition coefficient (Wildman–Crippen LogP) is 3.59. The highest BCUT2D eigenvalue weighted by atomic mass is 14.9. The van der Waals surface area contributed by atoms with Gasteiger partial charge in [-0.25, -0.2) is 0 Å². The monoisotopic (exact) mass is 197 g/mol. The molecule has 84 valence electrons. The molecule has 0 aromatic carbocycles. The quantitative estimate of drug-likeness (QED) is 0.657. The summed E-state index contributed by atoms with van der Waals surface area (Å²) in [5.74, 6) is 1.93. The molecule has 1 fully saturated rings. The van der Waals surface area contributed by atoms with Crippen LogP contribution in [-0.2, 0) is 0 Å². The smallest absolute Gasteiger partial charge is 0.00925 e. The summed E-state index contributed by atoms with van der Waals surface area (Å²) in [6, 6.07) is 0.769. The van der Waals surface area contributed by atoms with E-state index in [0.29, 0.717) is 0 Å². The third-order valence-electron chi connectivity index (χ3n) is 3.68. The first-order valence-corrected chi connectivity index (χ1v) is 6.51. The molecule has 1 heteroatoms. The molecular formula is C13H27N. The highest BCUT2D eigenvalue weighted by Gasteiger charge is 2.23. The van der Waals surface area contributed by atoms with Gasteiger partial charge >= 0.3 is 0 Å². The van der Waals surface area contributed by atoms with Gasteiger partial charge in [0.05, 0.1) is 0 Å². The van der Waals surface area contributed by atoms with Gasteiger partial charge in [0.1, 0.15) is 0 Å². The average molecular weight is 197 g/mol. The SMILES string of the molecule is CCCC(NCC)C(C)CC1CCC1. The number of rotatable bonds is 7. The summed E-state index contributed by atoms with van der Waals surface area (Å²) in [5.41, 5.74) is 0. The van der Waals surface area contributed by atoms with E-state index >= 15 is 0 Å². The van der Waals surface area contributed by atoms with E-state index in [-0.39, 0.29) is 0 Å². The van der Waals surface area contributed by atoms with Gasteiger partial charge < -0.3 is 5.32 Å². The maximum Gasteiger partial charge on any atom is 0.00925 e. The lowest BCUT2D eigenvalue weighted by molar-refractivity contribution is 0.221. The van der Waals surface area contributed by atoms with Crippen LogP contribution in [0.1, 0.15) is 59.3 Å². The zero-order valence-corrected chi connectivity index (χ0v) is 10.2. The summed E-state index contributed by atoms with van der Waals surface area (Å²) in [6.45, 7) is 8.07. The first-order chi connectivity index (χ1) is 6.77. The van der Waals surface area contributed by atoms with E-state index in [0.717, 1.165) is 24.4 Å². The molecule has 2 unspecified atom stereocenters. The van der Waals surface area contributed by atoms with Crippen molar-refractivity contribution in [3.63, 3.8) is 0 Å². The molecule has 0 saturated heterocycles. The molecule has 1 aliphatic rings. The Bertz CT molecular complexity index is 134. The standard InChI is InChI=1S/C13H27N/c1-4-7-13(14-5-2)11(3)10-12-8-6-9-12/h11-14H,4-10H2,1-3H3. The van der Waals surface area contributed by atoms with Crippen LogP contribution in [0, 0.1) is 11.8 Å². The predicted molar refractivity (Wildman–Crippen MR) is 63.5 cm³/mol. The summed E-state index contributed by atoms with van der Waals surface area (Å²) in [7, 11) is 0. The van der Waals surface area contributed by atoms with Gasteiger partial charge in [-0.2, -0.15) is 0 Å². The molecule has 1 aliphatic carbocycles. The molecule has 1 N–H and O–H groups in total. The van der Waals surface area contributed by atoms with Gasteiger partial charge in [-0.15, -0.1) is 0 Å². The zero-order chi connectivity index (χ0) is 10.4. The Hall–Kier alpha value is -0.0400. The Morgan fingerprint density at radius 1 is 1.29 bits per heavy atom. The molecule has 1 rings (SSSR count). The number of nitrogens with one attached hydrogen (secondary N) is 1. The van der Waals surface area contributed by atoms with Crippen LogP contribution in [0.2, 0.25) is 0 Å². The summed E-state index contributed by atoms with van der Waals surface area (Å²) >= 11 is 0. The van der Waals surface area contributed by atoms with Crippen LogP contribution in [-0.4, -0.2) is 12.6 Å². The summed E-state index contributed by atoms with van der Waals surface area (Å²) in [4.78, 5) is 0. The topological polar surface area (TPSA) is 12.0 Å². The molecule has 0 radical (unpaired) electrons. The van der Waals surface area contributed by atoms with Crippen molar-refractivity contribution in [1.29, 1.82) is 0 Å². The van der Waals surface area contributed by atoms with Gasteiger partial charge in [0.2, 0.25) is 0 Å². The van der Waals surface area contributed by atoms with E-state index in [9.17, 15) is 0 Å². The summed E-state index contributed by atoms with van der Waals surface area (Å²) in [6.07, 6.45) is 8.59. The van der Waals surface area contributed by atoms with Crippen LogP contribution in [0.25, 0.3) is 0 Å². The minimum absolute atomic E-state index is 0.769. The fourth-order valence-corrected chi connectivity index (χ4v) is 2.58. The first kappa shape index (κ1) is 12.0. The molecule has 0 spiro atoms. The third kappa shape index (κ3) is 3.61. The van der Waals surface area contributed by atoms with Crippen molar-refractivity contribution in [2.24, 2.45) is 11.8 Å². The van der Waals surface area contributed by atoms with E-state index < -0.39 is 0 Å². The van der Waals surface area contributed by atoms with E-state index in [2.05, 4.69) is 26.1 Å². The highest BCUT2D eigenvalue weighted by molar-refractivity contribution is 4.78. The second-order valence-electron chi connectivity index (χ2n) is 4.96. The lowest BCUT2D eigenvalue weighted by Gasteiger charge is -2.32. The molecule has 2 atom stereocenters.